The van der Waals surface area contributed by atoms with Crippen LogP contribution in [0.2, 0.25) is 0 Å². The second-order valence-electron chi connectivity index (χ2n) is 6.25. The Morgan fingerprint density at radius 2 is 1.92 bits per heavy atom. The van der Waals surface area contributed by atoms with Crippen LogP contribution in [0.5, 0.6) is 11.5 Å². The van der Waals surface area contributed by atoms with Gasteiger partial charge in [0.1, 0.15) is 0 Å². The van der Waals surface area contributed by atoms with Crippen LogP contribution in [0.15, 0.2) is 30.3 Å². The molecule has 2 aromatic rings. The molecule has 132 valence electrons. The van der Waals surface area contributed by atoms with Gasteiger partial charge in [0, 0.05) is 24.6 Å². The minimum Gasteiger partial charge on any atom is -0.493 e. The maximum Gasteiger partial charge on any atom is 0.167 e. The standard InChI is InChI=1S/C19H23N3O3/c1-13-6-9-18(21-20-13)22-10-4-5-15(12-22)19(23)14-7-8-16(24-2)17(11-14)25-3/h6-9,11,15H,4-5,10,12H2,1-3H3/t15-/m0/s1. The van der Waals surface area contributed by atoms with Gasteiger partial charge in [-0.05, 0) is 50.1 Å². The van der Waals surface area contributed by atoms with Gasteiger partial charge in [-0.15, -0.1) is 5.10 Å². The molecule has 1 saturated heterocycles. The Kier molecular flexibility index (Phi) is 5.16. The lowest BCUT2D eigenvalue weighted by molar-refractivity contribution is 0.0906. The number of aromatic nitrogens is 2. The number of ketones is 1. The largest absolute Gasteiger partial charge is 0.493 e. The Labute approximate surface area is 147 Å². The zero-order valence-electron chi connectivity index (χ0n) is 14.9. The molecular formula is C19H23N3O3. The van der Waals surface area contributed by atoms with Crippen LogP contribution in [0.1, 0.15) is 28.9 Å². The molecule has 0 spiro atoms. The maximum atomic E-state index is 12.9. The van der Waals surface area contributed by atoms with Crippen molar-refractivity contribution in [2.24, 2.45) is 5.92 Å². The van der Waals surface area contributed by atoms with Gasteiger partial charge in [0.25, 0.3) is 0 Å². The SMILES string of the molecule is COc1ccc(C(=O)[C@H]2CCCN(c3ccc(C)nn3)C2)cc1OC. The number of rotatable bonds is 5. The lowest BCUT2D eigenvalue weighted by Crippen LogP contribution is -2.39. The molecule has 0 saturated carbocycles. The van der Waals surface area contributed by atoms with E-state index in [-0.39, 0.29) is 11.7 Å². The van der Waals surface area contributed by atoms with E-state index in [1.165, 1.54) is 0 Å². The van der Waals surface area contributed by atoms with Crippen molar-refractivity contribution in [3.63, 3.8) is 0 Å². The lowest BCUT2D eigenvalue weighted by atomic mass is 9.90. The molecule has 0 bridgehead atoms. The van der Waals surface area contributed by atoms with Gasteiger partial charge in [0.2, 0.25) is 0 Å². The highest BCUT2D eigenvalue weighted by Crippen LogP contribution is 2.30. The number of carbonyl (C=O) groups is 1. The summed E-state index contributed by atoms with van der Waals surface area (Å²) in [5.41, 5.74) is 1.54. The third kappa shape index (κ3) is 3.73. The Hall–Kier alpha value is -2.63. The van der Waals surface area contributed by atoms with Crippen molar-refractivity contribution < 1.29 is 14.3 Å². The van der Waals surface area contributed by atoms with Crippen LogP contribution < -0.4 is 14.4 Å². The van der Waals surface area contributed by atoms with Crippen molar-refractivity contribution in [3.05, 3.63) is 41.6 Å². The molecule has 0 amide bonds. The first-order valence-electron chi connectivity index (χ1n) is 8.44. The number of Topliss-reactive ketones (excluding diaryl/α,β-unsaturated/α-hetero) is 1. The first-order chi connectivity index (χ1) is 12.1. The highest BCUT2D eigenvalue weighted by Gasteiger charge is 2.28. The quantitative estimate of drug-likeness (QED) is 0.779. The molecule has 0 aliphatic carbocycles. The fourth-order valence-electron chi connectivity index (χ4n) is 3.18. The van der Waals surface area contributed by atoms with E-state index in [9.17, 15) is 4.79 Å². The number of nitrogens with zero attached hydrogens (tertiary/aromatic N) is 3. The summed E-state index contributed by atoms with van der Waals surface area (Å²) in [6.45, 7) is 3.47. The minimum absolute atomic E-state index is 0.0602. The molecule has 3 rings (SSSR count). The highest BCUT2D eigenvalue weighted by molar-refractivity contribution is 5.98. The van der Waals surface area contributed by atoms with Crippen molar-refractivity contribution in [1.82, 2.24) is 10.2 Å². The highest BCUT2D eigenvalue weighted by atomic mass is 16.5. The number of hydrogen-bond donors (Lipinski definition) is 0. The molecule has 25 heavy (non-hydrogen) atoms. The Balaban J connectivity index is 1.76. The molecule has 1 atom stereocenters. The number of ether oxygens (including phenoxy) is 2. The van der Waals surface area contributed by atoms with Gasteiger partial charge in [-0.3, -0.25) is 4.79 Å². The summed E-state index contributed by atoms with van der Waals surface area (Å²) < 4.78 is 10.6. The number of methoxy groups -OCH3 is 2. The fourth-order valence-corrected chi connectivity index (χ4v) is 3.18. The molecule has 6 heteroatoms. The predicted octanol–water partition coefficient (Wildman–Crippen LogP) is 2.90. The van der Waals surface area contributed by atoms with E-state index < -0.39 is 0 Å². The topological polar surface area (TPSA) is 64.5 Å². The van der Waals surface area contributed by atoms with E-state index in [1.807, 2.05) is 19.1 Å². The van der Waals surface area contributed by atoms with Gasteiger partial charge in [-0.2, -0.15) is 5.10 Å². The summed E-state index contributed by atoms with van der Waals surface area (Å²) in [6.07, 6.45) is 1.84. The molecule has 0 N–H and O–H groups in total. The van der Waals surface area contributed by atoms with Crippen LogP contribution in [0.3, 0.4) is 0 Å². The average molecular weight is 341 g/mol. The van der Waals surface area contributed by atoms with Gasteiger partial charge in [0.15, 0.2) is 23.1 Å². The molecule has 0 unspecified atom stereocenters. The zero-order chi connectivity index (χ0) is 17.8. The van der Waals surface area contributed by atoms with Crippen LogP contribution >= 0.6 is 0 Å². The summed E-state index contributed by atoms with van der Waals surface area (Å²) >= 11 is 0. The van der Waals surface area contributed by atoms with Crippen molar-refractivity contribution in [3.8, 4) is 11.5 Å². The molecule has 0 radical (unpaired) electrons. The summed E-state index contributed by atoms with van der Waals surface area (Å²) in [6, 6.07) is 9.24. The third-order valence-electron chi connectivity index (χ3n) is 4.57. The summed E-state index contributed by atoms with van der Waals surface area (Å²) in [4.78, 5) is 15.1. The van der Waals surface area contributed by atoms with Crippen LogP contribution in [0.4, 0.5) is 5.82 Å². The summed E-state index contributed by atoms with van der Waals surface area (Å²) in [5, 5.41) is 8.36. The zero-order valence-corrected chi connectivity index (χ0v) is 14.9. The molecule has 2 heterocycles. The number of carbonyl (C=O) groups excluding carboxylic acids is 1. The van der Waals surface area contributed by atoms with E-state index in [0.29, 0.717) is 23.6 Å². The molecule has 6 nitrogen and oxygen atoms in total. The maximum absolute atomic E-state index is 12.9. The van der Waals surface area contributed by atoms with Crippen LogP contribution in [-0.4, -0.2) is 43.3 Å². The molecule has 1 aliphatic rings. The second-order valence-corrected chi connectivity index (χ2v) is 6.25. The van der Waals surface area contributed by atoms with Crippen molar-refractivity contribution >= 4 is 11.6 Å². The molecule has 1 fully saturated rings. The second kappa shape index (κ2) is 7.51. The number of benzene rings is 1. The summed E-state index contributed by atoms with van der Waals surface area (Å²) in [5.74, 6) is 2.10. The number of anilines is 1. The molecule has 1 aliphatic heterocycles. The third-order valence-corrected chi connectivity index (χ3v) is 4.57. The number of hydrogen-bond acceptors (Lipinski definition) is 6. The monoisotopic (exact) mass is 341 g/mol. The van der Waals surface area contributed by atoms with E-state index >= 15 is 0 Å². The van der Waals surface area contributed by atoms with Crippen molar-refractivity contribution in [1.29, 1.82) is 0 Å². The van der Waals surface area contributed by atoms with Gasteiger partial charge in [-0.25, -0.2) is 0 Å². The van der Waals surface area contributed by atoms with Gasteiger partial charge >= 0.3 is 0 Å². The average Bonchev–Trinajstić information content (AvgIpc) is 2.67. The van der Waals surface area contributed by atoms with Gasteiger partial charge in [0.05, 0.1) is 19.9 Å². The molecule has 1 aromatic carbocycles. The number of piperidine rings is 1. The van der Waals surface area contributed by atoms with Gasteiger partial charge in [-0.1, -0.05) is 0 Å². The van der Waals surface area contributed by atoms with E-state index in [1.54, 1.807) is 32.4 Å². The summed E-state index contributed by atoms with van der Waals surface area (Å²) in [7, 11) is 3.16. The van der Waals surface area contributed by atoms with Crippen LogP contribution in [0.25, 0.3) is 0 Å². The van der Waals surface area contributed by atoms with E-state index in [4.69, 9.17) is 9.47 Å². The first kappa shape index (κ1) is 17.2. The first-order valence-corrected chi connectivity index (χ1v) is 8.44. The van der Waals surface area contributed by atoms with Crippen molar-refractivity contribution in [2.45, 2.75) is 19.8 Å². The normalized spacial score (nSPS) is 17.2. The predicted molar refractivity (Wildman–Crippen MR) is 95.6 cm³/mol. The lowest BCUT2D eigenvalue weighted by Gasteiger charge is -2.32. The number of aryl methyl sites for hydroxylation is 1. The Morgan fingerprint density at radius 3 is 2.60 bits per heavy atom. The smallest absolute Gasteiger partial charge is 0.167 e. The Bertz CT molecular complexity index is 746. The van der Waals surface area contributed by atoms with Crippen molar-refractivity contribution in [2.75, 3.05) is 32.2 Å². The van der Waals surface area contributed by atoms with E-state index in [2.05, 4.69) is 15.1 Å². The molecular weight excluding hydrogens is 318 g/mol. The fraction of sp³-hybridized carbons (Fsp3) is 0.421. The van der Waals surface area contributed by atoms with E-state index in [0.717, 1.165) is 30.9 Å². The van der Waals surface area contributed by atoms with Crippen LogP contribution in [-0.2, 0) is 0 Å². The minimum atomic E-state index is -0.0602. The Morgan fingerprint density at radius 1 is 1.12 bits per heavy atom. The van der Waals surface area contributed by atoms with Crippen LogP contribution in [0, 0.1) is 12.8 Å². The van der Waals surface area contributed by atoms with Gasteiger partial charge < -0.3 is 14.4 Å². The molecule has 1 aromatic heterocycles.